The highest BCUT2D eigenvalue weighted by atomic mass is 32.2. The average molecular weight is 356 g/mol. The molecule has 2 atom stereocenters. The Bertz CT molecular complexity index is 728. The van der Waals surface area contributed by atoms with Gasteiger partial charge in [-0.25, -0.2) is 8.42 Å². The zero-order valence-electron chi connectivity index (χ0n) is 14.5. The largest absolute Gasteiger partial charge is 0.451 e. The number of sulfonamides is 1. The van der Waals surface area contributed by atoms with Crippen molar-refractivity contribution < 1.29 is 22.7 Å². The number of primary amides is 1. The summed E-state index contributed by atoms with van der Waals surface area (Å²) in [6.45, 7) is 8.35. The number of nitrogens with one attached hydrogen (secondary N) is 1. The molecule has 0 bridgehead atoms. The van der Waals surface area contributed by atoms with Crippen LogP contribution in [-0.4, -0.2) is 32.4 Å². The number of benzene rings is 1. The van der Waals surface area contributed by atoms with Gasteiger partial charge < -0.3 is 10.5 Å². The van der Waals surface area contributed by atoms with Gasteiger partial charge in [0.1, 0.15) is 6.04 Å². The van der Waals surface area contributed by atoms with Crippen LogP contribution in [0.15, 0.2) is 23.1 Å². The quantitative estimate of drug-likeness (QED) is 0.708. The van der Waals surface area contributed by atoms with E-state index in [1.807, 2.05) is 6.92 Å². The molecule has 0 saturated carbocycles. The number of carbonyl (C=O) groups is 2. The third-order valence-corrected chi connectivity index (χ3v) is 5.12. The Morgan fingerprint density at radius 1 is 1.12 bits per heavy atom. The Hall–Kier alpha value is -1.93. The SMILES string of the molecule is Cc1ccc(S(=O)(=O)N[C@@H](C(=O)O[C@H](C)C(N)=O)C(C)C)cc1C. The van der Waals surface area contributed by atoms with Gasteiger partial charge >= 0.3 is 5.97 Å². The van der Waals surface area contributed by atoms with Crippen LogP contribution >= 0.6 is 0 Å². The van der Waals surface area contributed by atoms with Crippen molar-refractivity contribution in [2.45, 2.75) is 51.7 Å². The summed E-state index contributed by atoms with van der Waals surface area (Å²) in [6.07, 6.45) is -1.13. The van der Waals surface area contributed by atoms with Gasteiger partial charge in [0.15, 0.2) is 6.10 Å². The molecule has 0 saturated heterocycles. The van der Waals surface area contributed by atoms with Gasteiger partial charge in [-0.2, -0.15) is 4.72 Å². The molecule has 1 rings (SSSR count). The van der Waals surface area contributed by atoms with E-state index in [1.54, 1.807) is 26.8 Å². The van der Waals surface area contributed by atoms with Crippen LogP contribution < -0.4 is 10.5 Å². The highest BCUT2D eigenvalue weighted by Crippen LogP contribution is 2.17. The average Bonchev–Trinajstić information content (AvgIpc) is 2.46. The van der Waals surface area contributed by atoms with Crippen LogP contribution in [0.4, 0.5) is 0 Å². The first-order valence-corrected chi connectivity index (χ1v) is 9.03. The van der Waals surface area contributed by atoms with E-state index in [0.29, 0.717) is 0 Å². The van der Waals surface area contributed by atoms with Crippen LogP contribution in [0.25, 0.3) is 0 Å². The first-order chi connectivity index (χ1) is 11.0. The summed E-state index contributed by atoms with van der Waals surface area (Å²) in [6, 6.07) is 3.58. The number of ether oxygens (including phenoxy) is 1. The maximum atomic E-state index is 12.5. The minimum absolute atomic E-state index is 0.0620. The molecule has 3 N–H and O–H groups in total. The highest BCUT2D eigenvalue weighted by Gasteiger charge is 2.31. The van der Waals surface area contributed by atoms with Gasteiger partial charge in [0, 0.05) is 0 Å². The smallest absolute Gasteiger partial charge is 0.325 e. The Morgan fingerprint density at radius 2 is 1.71 bits per heavy atom. The Kier molecular flexibility index (Phi) is 6.50. The van der Waals surface area contributed by atoms with Crippen molar-refractivity contribution in [1.29, 1.82) is 0 Å². The molecule has 0 aromatic heterocycles. The third-order valence-electron chi connectivity index (χ3n) is 3.68. The molecule has 0 aliphatic carbocycles. The molecule has 7 nitrogen and oxygen atoms in total. The van der Waals surface area contributed by atoms with Crippen LogP contribution in [-0.2, 0) is 24.3 Å². The maximum Gasteiger partial charge on any atom is 0.325 e. The summed E-state index contributed by atoms with van der Waals surface area (Å²) in [5.41, 5.74) is 6.84. The molecule has 134 valence electrons. The van der Waals surface area contributed by atoms with Gasteiger partial charge in [-0.3, -0.25) is 9.59 Å². The van der Waals surface area contributed by atoms with Gasteiger partial charge in [-0.05, 0) is 49.9 Å². The lowest BCUT2D eigenvalue weighted by molar-refractivity contribution is -0.156. The predicted octanol–water partition coefficient (Wildman–Crippen LogP) is 1.02. The van der Waals surface area contributed by atoms with Crippen molar-refractivity contribution in [2.75, 3.05) is 0 Å². The third kappa shape index (κ3) is 5.04. The maximum absolute atomic E-state index is 12.5. The second-order valence-corrected chi connectivity index (χ2v) is 7.78. The molecule has 1 amide bonds. The number of hydrogen-bond acceptors (Lipinski definition) is 5. The van der Waals surface area contributed by atoms with Gasteiger partial charge in [-0.15, -0.1) is 0 Å². The molecule has 1 aromatic rings. The molecule has 1 aromatic carbocycles. The van der Waals surface area contributed by atoms with Crippen molar-refractivity contribution in [3.63, 3.8) is 0 Å². The van der Waals surface area contributed by atoms with Gasteiger partial charge in [0.2, 0.25) is 10.0 Å². The molecule has 8 heteroatoms. The summed E-state index contributed by atoms with van der Waals surface area (Å²) in [4.78, 5) is 23.2. The van der Waals surface area contributed by atoms with Crippen LogP contribution in [0.3, 0.4) is 0 Å². The molecular weight excluding hydrogens is 332 g/mol. The molecule has 0 fully saturated rings. The van der Waals surface area contributed by atoms with E-state index in [1.165, 1.54) is 19.1 Å². The molecule has 0 aliphatic rings. The van der Waals surface area contributed by atoms with E-state index in [2.05, 4.69) is 4.72 Å². The van der Waals surface area contributed by atoms with E-state index in [0.717, 1.165) is 11.1 Å². The number of nitrogens with two attached hydrogens (primary N) is 1. The lowest BCUT2D eigenvalue weighted by Crippen LogP contribution is -2.47. The van der Waals surface area contributed by atoms with Crippen molar-refractivity contribution in [1.82, 2.24) is 4.72 Å². The topological polar surface area (TPSA) is 116 Å². The van der Waals surface area contributed by atoms with E-state index in [9.17, 15) is 18.0 Å². The summed E-state index contributed by atoms with van der Waals surface area (Å²) in [5, 5.41) is 0. The summed E-state index contributed by atoms with van der Waals surface area (Å²) < 4.78 is 32.3. The summed E-state index contributed by atoms with van der Waals surface area (Å²) in [7, 11) is -3.91. The number of carbonyl (C=O) groups excluding carboxylic acids is 2. The van der Waals surface area contributed by atoms with Gasteiger partial charge in [0.05, 0.1) is 4.90 Å². The second-order valence-electron chi connectivity index (χ2n) is 6.07. The number of aryl methyl sites for hydroxylation is 2. The molecular formula is C16H24N2O5S. The molecule has 0 aliphatic heterocycles. The van der Waals surface area contributed by atoms with Crippen LogP contribution in [0.5, 0.6) is 0 Å². The fourth-order valence-electron chi connectivity index (χ4n) is 1.88. The minimum atomic E-state index is -3.91. The predicted molar refractivity (Wildman–Crippen MR) is 89.6 cm³/mol. The Labute approximate surface area is 142 Å². The zero-order chi connectivity index (χ0) is 18.7. The Balaban J connectivity index is 3.04. The summed E-state index contributed by atoms with van der Waals surface area (Å²) in [5.74, 6) is -2.02. The molecule has 0 unspecified atom stereocenters. The second kappa shape index (κ2) is 7.76. The van der Waals surface area contributed by atoms with Gasteiger partial charge in [0.25, 0.3) is 5.91 Å². The van der Waals surface area contributed by atoms with Crippen molar-refractivity contribution >= 4 is 21.9 Å². The molecule has 24 heavy (non-hydrogen) atoms. The number of hydrogen-bond donors (Lipinski definition) is 2. The number of rotatable bonds is 7. The van der Waals surface area contributed by atoms with E-state index in [-0.39, 0.29) is 10.8 Å². The highest BCUT2D eigenvalue weighted by molar-refractivity contribution is 7.89. The van der Waals surface area contributed by atoms with Crippen molar-refractivity contribution in [3.05, 3.63) is 29.3 Å². The zero-order valence-corrected chi connectivity index (χ0v) is 15.3. The van der Waals surface area contributed by atoms with Crippen molar-refractivity contribution in [3.8, 4) is 0 Å². The Morgan fingerprint density at radius 3 is 2.17 bits per heavy atom. The molecule has 0 radical (unpaired) electrons. The van der Waals surface area contributed by atoms with Crippen LogP contribution in [0.2, 0.25) is 0 Å². The van der Waals surface area contributed by atoms with Crippen molar-refractivity contribution in [2.24, 2.45) is 11.7 Å². The van der Waals surface area contributed by atoms with E-state index < -0.39 is 34.0 Å². The van der Waals surface area contributed by atoms with Crippen LogP contribution in [0.1, 0.15) is 31.9 Å². The standard InChI is InChI=1S/C16H24N2O5S/c1-9(2)14(16(20)23-12(5)15(17)19)18-24(21,22)13-7-6-10(3)11(4)8-13/h6-9,12,14,18H,1-5H3,(H2,17,19)/t12-,14-/m1/s1. The van der Waals surface area contributed by atoms with E-state index in [4.69, 9.17) is 10.5 Å². The summed E-state index contributed by atoms with van der Waals surface area (Å²) >= 11 is 0. The van der Waals surface area contributed by atoms with Gasteiger partial charge in [-0.1, -0.05) is 19.9 Å². The first kappa shape index (κ1) is 20.1. The number of esters is 1. The lowest BCUT2D eigenvalue weighted by atomic mass is 10.1. The molecule has 0 heterocycles. The monoisotopic (exact) mass is 356 g/mol. The minimum Gasteiger partial charge on any atom is -0.451 e. The fourth-order valence-corrected chi connectivity index (χ4v) is 3.30. The van der Waals surface area contributed by atoms with Crippen LogP contribution in [0, 0.1) is 19.8 Å². The lowest BCUT2D eigenvalue weighted by Gasteiger charge is -2.22. The number of amides is 1. The normalized spacial score (nSPS) is 14.2. The first-order valence-electron chi connectivity index (χ1n) is 7.55. The fraction of sp³-hybridized carbons (Fsp3) is 0.500. The molecule has 0 spiro atoms. The van der Waals surface area contributed by atoms with E-state index >= 15 is 0 Å².